The van der Waals surface area contributed by atoms with Gasteiger partial charge in [0.25, 0.3) is 0 Å². The van der Waals surface area contributed by atoms with Crippen LogP contribution >= 0.6 is 0 Å². The molecule has 5 atom stereocenters. The van der Waals surface area contributed by atoms with E-state index in [1.807, 2.05) is 37.3 Å². The number of carboxylic acid groups (broad SMARTS) is 1. The van der Waals surface area contributed by atoms with E-state index >= 15 is 0 Å². The van der Waals surface area contributed by atoms with Gasteiger partial charge in [0.2, 0.25) is 0 Å². The first-order valence-corrected chi connectivity index (χ1v) is 8.62. The van der Waals surface area contributed by atoms with Crippen molar-refractivity contribution in [3.05, 3.63) is 35.9 Å². The molecule has 2 heterocycles. The Kier molecular flexibility index (Phi) is 4.47. The molecule has 0 spiro atoms. The minimum Gasteiger partial charge on any atom is -0.481 e. The number of nitrogens with zero attached hydrogens (tertiary/aromatic N) is 1. The average Bonchev–Trinajstić information content (AvgIpc) is 2.77. The van der Waals surface area contributed by atoms with Crippen molar-refractivity contribution in [1.29, 1.82) is 0 Å². The monoisotopic (exact) mass is 317 g/mol. The minimum absolute atomic E-state index is 0.0933. The molecule has 2 N–H and O–H groups in total. The Bertz CT molecular complexity index is 547. The fourth-order valence-electron chi connectivity index (χ4n) is 4.88. The summed E-state index contributed by atoms with van der Waals surface area (Å²) in [4.78, 5) is 14.7. The molecule has 126 valence electrons. The molecule has 2 saturated heterocycles. The van der Waals surface area contributed by atoms with Crippen molar-refractivity contribution in [3.63, 3.8) is 0 Å². The zero-order valence-corrected chi connectivity index (χ0v) is 14.0. The number of piperidine rings is 1. The van der Waals surface area contributed by atoms with Crippen LogP contribution in [0, 0.1) is 11.8 Å². The zero-order chi connectivity index (χ0) is 16.6. The number of carbonyl (C=O) groups is 1. The molecule has 0 aliphatic carbocycles. The highest BCUT2D eigenvalue weighted by Crippen LogP contribution is 2.46. The van der Waals surface area contributed by atoms with Crippen molar-refractivity contribution in [2.24, 2.45) is 11.8 Å². The van der Waals surface area contributed by atoms with Crippen LogP contribution < -0.4 is 0 Å². The predicted molar refractivity (Wildman–Crippen MR) is 89.3 cm³/mol. The number of rotatable bonds is 5. The van der Waals surface area contributed by atoms with Crippen LogP contribution in [0.2, 0.25) is 0 Å². The first-order chi connectivity index (χ1) is 11.0. The molecule has 2 bridgehead atoms. The maximum atomic E-state index is 12.2. The van der Waals surface area contributed by atoms with Gasteiger partial charge < -0.3 is 15.1 Å². The third kappa shape index (κ3) is 2.58. The quantitative estimate of drug-likeness (QED) is 0.876. The molecule has 4 nitrogen and oxygen atoms in total. The molecule has 4 heteroatoms. The molecule has 1 aromatic carbocycles. The number of hydrogen-bond donors (Lipinski definition) is 2. The molecule has 0 radical (unpaired) electrons. The molecule has 2 aliphatic rings. The summed E-state index contributed by atoms with van der Waals surface area (Å²) in [5.74, 6) is -0.665. The lowest BCUT2D eigenvalue weighted by Crippen LogP contribution is -2.51. The van der Waals surface area contributed by atoms with Crippen molar-refractivity contribution in [1.82, 2.24) is 4.90 Å². The molecule has 0 saturated carbocycles. The highest BCUT2D eigenvalue weighted by atomic mass is 16.4. The summed E-state index contributed by atoms with van der Waals surface area (Å²) in [6.45, 7) is 1.67. The number of carboxylic acids is 1. The molecule has 2 aliphatic heterocycles. The van der Waals surface area contributed by atoms with E-state index in [0.29, 0.717) is 23.6 Å². The van der Waals surface area contributed by atoms with Crippen molar-refractivity contribution in [2.45, 2.75) is 50.1 Å². The van der Waals surface area contributed by atoms with Crippen molar-refractivity contribution < 1.29 is 15.0 Å². The number of hydrogen-bond acceptors (Lipinski definition) is 3. The van der Waals surface area contributed by atoms with E-state index in [1.165, 1.54) is 12.8 Å². The smallest absolute Gasteiger partial charge is 0.316 e. The molecule has 1 aromatic rings. The van der Waals surface area contributed by atoms with Gasteiger partial charge in [-0.2, -0.15) is 0 Å². The van der Waals surface area contributed by atoms with Crippen molar-refractivity contribution in [2.75, 3.05) is 13.7 Å². The van der Waals surface area contributed by atoms with Crippen LogP contribution in [0.25, 0.3) is 0 Å². The van der Waals surface area contributed by atoms with Crippen molar-refractivity contribution >= 4 is 5.97 Å². The van der Waals surface area contributed by atoms with Crippen LogP contribution in [0.5, 0.6) is 0 Å². The molecular formula is C19H27NO3. The van der Waals surface area contributed by atoms with Gasteiger partial charge in [-0.3, -0.25) is 4.79 Å². The normalized spacial score (nSPS) is 31.5. The number of aliphatic carboxylic acids is 1. The van der Waals surface area contributed by atoms with Gasteiger partial charge in [0, 0.05) is 12.1 Å². The lowest BCUT2D eigenvalue weighted by molar-refractivity contribution is -0.150. The molecular weight excluding hydrogens is 290 g/mol. The second-order valence-electron chi connectivity index (χ2n) is 7.37. The Balaban J connectivity index is 1.93. The number of aliphatic hydroxyl groups is 1. The maximum absolute atomic E-state index is 12.2. The SMILES string of the molecule is C[C@H](C1C[C@H]2CC[C@@H](C1)N2C)C(CO)(C(=O)O)c1ccccc1. The molecule has 23 heavy (non-hydrogen) atoms. The van der Waals surface area contributed by atoms with Crippen LogP contribution in [0.1, 0.15) is 38.2 Å². The summed E-state index contributed by atoms with van der Waals surface area (Å²) in [6, 6.07) is 10.4. The first kappa shape index (κ1) is 16.5. The van der Waals surface area contributed by atoms with Gasteiger partial charge in [-0.1, -0.05) is 37.3 Å². The van der Waals surface area contributed by atoms with Gasteiger partial charge in [-0.25, -0.2) is 0 Å². The van der Waals surface area contributed by atoms with Gasteiger partial charge >= 0.3 is 5.97 Å². The molecule has 0 aromatic heterocycles. The summed E-state index contributed by atoms with van der Waals surface area (Å²) in [6.07, 6.45) is 4.51. The molecule has 3 rings (SSSR count). The molecule has 2 fully saturated rings. The van der Waals surface area contributed by atoms with Crippen molar-refractivity contribution in [3.8, 4) is 0 Å². The Morgan fingerprint density at radius 2 is 1.83 bits per heavy atom. The third-order valence-corrected chi connectivity index (χ3v) is 6.54. The standard InChI is InChI=1S/C19H27NO3/c1-13(14-10-16-8-9-17(11-14)20(16)2)19(12-21,18(22)23)15-6-4-3-5-7-15/h3-7,13-14,16-17,21H,8-12H2,1-2H3,(H,22,23)/t13-,14?,16-,17+,19?/m1/s1. The van der Waals surface area contributed by atoms with E-state index in [-0.39, 0.29) is 12.5 Å². The molecule has 2 unspecified atom stereocenters. The number of benzene rings is 1. The van der Waals surface area contributed by atoms with E-state index in [9.17, 15) is 15.0 Å². The van der Waals surface area contributed by atoms with Crippen LogP contribution in [0.3, 0.4) is 0 Å². The van der Waals surface area contributed by atoms with E-state index in [2.05, 4.69) is 11.9 Å². The summed E-state index contributed by atoms with van der Waals surface area (Å²) in [5, 5.41) is 20.1. The Morgan fingerprint density at radius 3 is 2.30 bits per heavy atom. The zero-order valence-electron chi connectivity index (χ0n) is 14.0. The van der Waals surface area contributed by atoms with Crippen LogP contribution in [-0.2, 0) is 10.2 Å². The third-order valence-electron chi connectivity index (χ3n) is 6.54. The van der Waals surface area contributed by atoms with Gasteiger partial charge in [0.15, 0.2) is 0 Å². The van der Waals surface area contributed by atoms with E-state index in [4.69, 9.17) is 0 Å². The largest absolute Gasteiger partial charge is 0.481 e. The first-order valence-electron chi connectivity index (χ1n) is 8.62. The second kappa shape index (κ2) is 6.25. The average molecular weight is 317 g/mol. The fraction of sp³-hybridized carbons (Fsp3) is 0.632. The highest BCUT2D eigenvalue weighted by Gasteiger charge is 2.51. The second-order valence-corrected chi connectivity index (χ2v) is 7.37. The summed E-state index contributed by atoms with van der Waals surface area (Å²) < 4.78 is 0. The lowest BCUT2D eigenvalue weighted by atomic mass is 9.64. The number of aliphatic hydroxyl groups excluding tert-OH is 1. The predicted octanol–water partition coefficient (Wildman–Crippen LogP) is 2.51. The van der Waals surface area contributed by atoms with Gasteiger partial charge in [0.1, 0.15) is 5.41 Å². The Labute approximate surface area is 138 Å². The molecule has 0 amide bonds. The fourth-order valence-corrected chi connectivity index (χ4v) is 4.88. The maximum Gasteiger partial charge on any atom is 0.316 e. The van der Waals surface area contributed by atoms with Crippen LogP contribution in [0.4, 0.5) is 0 Å². The van der Waals surface area contributed by atoms with E-state index < -0.39 is 11.4 Å². The summed E-state index contributed by atoms with van der Waals surface area (Å²) >= 11 is 0. The highest BCUT2D eigenvalue weighted by molar-refractivity contribution is 5.82. The van der Waals surface area contributed by atoms with Gasteiger partial charge in [-0.05, 0) is 50.1 Å². The number of fused-ring (bicyclic) bond motifs is 2. The van der Waals surface area contributed by atoms with Gasteiger partial charge in [0.05, 0.1) is 6.61 Å². The topological polar surface area (TPSA) is 60.8 Å². The van der Waals surface area contributed by atoms with E-state index in [0.717, 1.165) is 12.8 Å². The Hall–Kier alpha value is -1.39. The summed E-state index contributed by atoms with van der Waals surface area (Å²) in [5.41, 5.74) is -0.491. The van der Waals surface area contributed by atoms with Gasteiger partial charge in [-0.15, -0.1) is 0 Å². The van der Waals surface area contributed by atoms with E-state index in [1.54, 1.807) is 0 Å². The minimum atomic E-state index is -1.21. The van der Waals surface area contributed by atoms with Crippen LogP contribution in [0.15, 0.2) is 30.3 Å². The lowest BCUT2D eigenvalue weighted by Gasteiger charge is -2.44. The Morgan fingerprint density at radius 1 is 1.26 bits per heavy atom. The summed E-state index contributed by atoms with van der Waals surface area (Å²) in [7, 11) is 2.19. The van der Waals surface area contributed by atoms with Crippen LogP contribution in [-0.4, -0.2) is 46.8 Å².